The van der Waals surface area contributed by atoms with Gasteiger partial charge in [0, 0.05) is 18.7 Å². The Balaban J connectivity index is 1.74. The Bertz CT molecular complexity index is 1250. The van der Waals surface area contributed by atoms with Crippen molar-refractivity contribution in [2.24, 2.45) is 0 Å². The van der Waals surface area contributed by atoms with Gasteiger partial charge >= 0.3 is 0 Å². The maximum atomic E-state index is 10.0. The van der Waals surface area contributed by atoms with E-state index in [1.165, 1.54) is 0 Å². The molecule has 9 nitrogen and oxygen atoms in total. The van der Waals surface area contributed by atoms with Crippen LogP contribution in [0.2, 0.25) is 0 Å². The number of halogens is 1. The zero-order valence-electron chi connectivity index (χ0n) is 20.1. The molecule has 2 aliphatic rings. The summed E-state index contributed by atoms with van der Waals surface area (Å²) in [5.74, 6) is 1.54. The minimum absolute atomic E-state index is 0.111. The van der Waals surface area contributed by atoms with Gasteiger partial charge in [0.25, 0.3) is 0 Å². The predicted molar refractivity (Wildman–Crippen MR) is 137 cm³/mol. The van der Waals surface area contributed by atoms with Crippen LogP contribution in [0.4, 0.5) is 5.82 Å². The van der Waals surface area contributed by atoms with Crippen molar-refractivity contribution >= 4 is 33.9 Å². The molecule has 3 aromatic rings. The van der Waals surface area contributed by atoms with Crippen LogP contribution >= 0.6 is 22.6 Å². The number of aryl methyl sites for hydroxylation is 1. The molecule has 0 amide bonds. The highest BCUT2D eigenvalue weighted by molar-refractivity contribution is 14.1. The lowest BCUT2D eigenvalue weighted by atomic mass is 9.86. The number of hydrogen-bond donors (Lipinski definition) is 0. The summed E-state index contributed by atoms with van der Waals surface area (Å²) >= 11 is 2.26. The van der Waals surface area contributed by atoms with Gasteiger partial charge in [-0.3, -0.25) is 0 Å². The summed E-state index contributed by atoms with van der Waals surface area (Å²) < 4.78 is 16.4. The molecule has 0 saturated carbocycles. The van der Waals surface area contributed by atoms with Crippen molar-refractivity contribution in [3.63, 3.8) is 0 Å². The number of fused-ring (bicyclic) bond motifs is 1. The molecule has 0 radical (unpaired) electrons. The van der Waals surface area contributed by atoms with E-state index in [1.807, 2.05) is 36.0 Å². The smallest absolute Gasteiger partial charge is 0.181 e. The molecule has 0 spiro atoms. The second kappa shape index (κ2) is 9.09. The summed E-state index contributed by atoms with van der Waals surface area (Å²) in [6.07, 6.45) is 3.00. The molecule has 5 heterocycles. The Morgan fingerprint density at radius 3 is 2.74 bits per heavy atom. The molecular weight excluding hydrogens is 545 g/mol. The van der Waals surface area contributed by atoms with Gasteiger partial charge in [0.05, 0.1) is 36.4 Å². The van der Waals surface area contributed by atoms with E-state index in [9.17, 15) is 5.26 Å². The summed E-state index contributed by atoms with van der Waals surface area (Å²) in [4.78, 5) is 7.21. The normalized spacial score (nSPS) is 21.7. The van der Waals surface area contributed by atoms with E-state index < -0.39 is 5.41 Å². The Labute approximate surface area is 213 Å². The van der Waals surface area contributed by atoms with Gasteiger partial charge in [0.2, 0.25) is 0 Å². The summed E-state index contributed by atoms with van der Waals surface area (Å²) in [6.45, 7) is 10.8. The monoisotopic (exact) mass is 575 g/mol. The fraction of sp³-hybridized carbons (Fsp3) is 0.583. The number of anilines is 1. The van der Waals surface area contributed by atoms with E-state index in [0.29, 0.717) is 19.0 Å². The van der Waals surface area contributed by atoms with Crippen molar-refractivity contribution in [1.29, 1.82) is 5.26 Å². The minimum Gasteiger partial charge on any atom is -0.377 e. The highest BCUT2D eigenvalue weighted by Gasteiger charge is 2.32. The Kier molecular flexibility index (Phi) is 6.29. The van der Waals surface area contributed by atoms with E-state index in [-0.39, 0.29) is 12.3 Å². The van der Waals surface area contributed by atoms with Crippen LogP contribution in [0.1, 0.15) is 57.5 Å². The van der Waals surface area contributed by atoms with Gasteiger partial charge in [-0.1, -0.05) is 0 Å². The molecule has 2 saturated heterocycles. The molecule has 10 heteroatoms. The standard InChI is InChI=1S/C24H30IN7O2/c1-15-11-18(31(28-15)20-7-5-6-9-34-20)23-27-22(25)21-17(24(3,4)14-26)12-19(29-32(21)23)30-8-10-33-13-16(30)2/h11-12,16,20H,5-10,13H2,1-4H3/t16-,20?/m1/s1. The van der Waals surface area contributed by atoms with Crippen molar-refractivity contribution in [2.75, 3.05) is 31.3 Å². The van der Waals surface area contributed by atoms with E-state index >= 15 is 0 Å². The Morgan fingerprint density at radius 2 is 2.03 bits per heavy atom. The van der Waals surface area contributed by atoms with Gasteiger partial charge in [-0.05, 0) is 81.7 Å². The van der Waals surface area contributed by atoms with Gasteiger partial charge in [-0.2, -0.15) is 10.4 Å². The Morgan fingerprint density at radius 1 is 1.21 bits per heavy atom. The van der Waals surface area contributed by atoms with Gasteiger partial charge in [0.15, 0.2) is 12.1 Å². The van der Waals surface area contributed by atoms with Crippen molar-refractivity contribution in [1.82, 2.24) is 24.4 Å². The van der Waals surface area contributed by atoms with Gasteiger partial charge < -0.3 is 14.4 Å². The summed E-state index contributed by atoms with van der Waals surface area (Å²) in [7, 11) is 0. The first-order valence-corrected chi connectivity index (χ1v) is 12.9. The molecule has 0 aliphatic carbocycles. The third-order valence-corrected chi connectivity index (χ3v) is 7.43. The molecule has 2 aliphatic heterocycles. The van der Waals surface area contributed by atoms with E-state index in [0.717, 1.165) is 64.4 Å². The number of hydrogen-bond acceptors (Lipinski definition) is 7. The fourth-order valence-corrected chi connectivity index (χ4v) is 5.52. The van der Waals surface area contributed by atoms with Crippen LogP contribution in [-0.2, 0) is 14.9 Å². The maximum Gasteiger partial charge on any atom is 0.181 e. The first-order valence-electron chi connectivity index (χ1n) is 11.8. The number of rotatable bonds is 4. The van der Waals surface area contributed by atoms with Crippen molar-refractivity contribution in [3.05, 3.63) is 27.1 Å². The molecule has 0 N–H and O–H groups in total. The van der Waals surface area contributed by atoms with Crippen LogP contribution < -0.4 is 4.90 Å². The molecular formula is C24H30IN7O2. The highest BCUT2D eigenvalue weighted by Crippen LogP contribution is 2.36. The van der Waals surface area contributed by atoms with Crippen LogP contribution in [-0.4, -0.2) is 56.8 Å². The van der Waals surface area contributed by atoms with Gasteiger partial charge in [-0.15, -0.1) is 5.10 Å². The SMILES string of the molecule is Cc1cc(-c2nc(I)c3c(C(C)(C)C#N)cc(N4CCOC[C@H]4C)nn23)n(C2CCCCO2)n1. The first-order chi connectivity index (χ1) is 16.3. The van der Waals surface area contributed by atoms with Crippen molar-refractivity contribution in [3.8, 4) is 17.6 Å². The highest BCUT2D eigenvalue weighted by atomic mass is 127. The Hall–Kier alpha value is -2.23. The predicted octanol–water partition coefficient (Wildman–Crippen LogP) is 4.23. The first kappa shape index (κ1) is 23.5. The number of morpholine rings is 1. The fourth-order valence-electron chi connectivity index (χ4n) is 4.77. The zero-order valence-corrected chi connectivity index (χ0v) is 22.2. The topological polar surface area (TPSA) is 93.5 Å². The second-order valence-electron chi connectivity index (χ2n) is 9.69. The van der Waals surface area contributed by atoms with Crippen LogP contribution in [0.25, 0.3) is 17.0 Å². The molecule has 180 valence electrons. The third-order valence-electron chi connectivity index (χ3n) is 6.67. The maximum absolute atomic E-state index is 10.0. The van der Waals surface area contributed by atoms with Gasteiger partial charge in [0.1, 0.15) is 20.7 Å². The van der Waals surface area contributed by atoms with E-state index in [2.05, 4.69) is 46.6 Å². The lowest BCUT2D eigenvalue weighted by Crippen LogP contribution is -2.44. The van der Waals surface area contributed by atoms with Crippen LogP contribution in [0.3, 0.4) is 0 Å². The molecule has 2 fully saturated rings. The molecule has 1 unspecified atom stereocenters. The van der Waals surface area contributed by atoms with Crippen LogP contribution in [0.15, 0.2) is 12.1 Å². The molecule has 0 aromatic carbocycles. The van der Waals surface area contributed by atoms with Crippen LogP contribution in [0.5, 0.6) is 0 Å². The molecule has 3 aromatic heterocycles. The largest absolute Gasteiger partial charge is 0.377 e. The third kappa shape index (κ3) is 4.07. The molecule has 0 bridgehead atoms. The number of ether oxygens (including phenoxy) is 2. The average Bonchev–Trinajstić information content (AvgIpc) is 3.39. The molecule has 34 heavy (non-hydrogen) atoms. The molecule has 5 rings (SSSR count). The van der Waals surface area contributed by atoms with Crippen molar-refractivity contribution < 1.29 is 9.47 Å². The number of nitriles is 1. The lowest BCUT2D eigenvalue weighted by Gasteiger charge is -2.35. The van der Waals surface area contributed by atoms with E-state index in [4.69, 9.17) is 24.7 Å². The summed E-state index contributed by atoms with van der Waals surface area (Å²) in [5, 5.41) is 19.9. The zero-order chi connectivity index (χ0) is 24.0. The number of aromatic nitrogens is 5. The quantitative estimate of drug-likeness (QED) is 0.430. The van der Waals surface area contributed by atoms with Gasteiger partial charge in [-0.25, -0.2) is 14.2 Å². The van der Waals surface area contributed by atoms with Crippen molar-refractivity contribution in [2.45, 2.75) is 64.6 Å². The summed E-state index contributed by atoms with van der Waals surface area (Å²) in [6, 6.07) is 6.77. The average molecular weight is 575 g/mol. The number of nitrogens with zero attached hydrogens (tertiary/aromatic N) is 7. The molecule has 2 atom stereocenters. The van der Waals surface area contributed by atoms with Crippen LogP contribution in [0, 0.1) is 22.0 Å². The van der Waals surface area contributed by atoms with E-state index in [1.54, 1.807) is 0 Å². The lowest BCUT2D eigenvalue weighted by molar-refractivity contribution is -0.0386. The second-order valence-corrected chi connectivity index (χ2v) is 10.7. The number of imidazole rings is 1. The minimum atomic E-state index is -0.714. The summed E-state index contributed by atoms with van der Waals surface area (Å²) in [5.41, 5.74) is 2.85.